The Labute approximate surface area is 74.6 Å². The quantitative estimate of drug-likeness (QED) is 0.680. The maximum Gasteiger partial charge on any atom is 0.0494 e. The highest BCUT2D eigenvalue weighted by Gasteiger charge is 2.45. The lowest BCUT2D eigenvalue weighted by Crippen LogP contribution is -2.35. The molecule has 1 heterocycles. The number of piperidine rings is 1. The molecular weight excluding hydrogens is 150 g/mol. The molecule has 1 aliphatic carbocycles. The van der Waals surface area contributed by atoms with Gasteiger partial charge in [0.05, 0.1) is 0 Å². The number of hydrogen-bond acceptors (Lipinski definition) is 2. The summed E-state index contributed by atoms with van der Waals surface area (Å²) in [6, 6.07) is 0. The Balaban J connectivity index is 1.80. The minimum absolute atomic E-state index is 0.0940. The highest BCUT2D eigenvalue weighted by molar-refractivity contribution is 4.97. The molecule has 0 bridgehead atoms. The predicted molar refractivity (Wildman–Crippen MR) is 48.9 cm³/mol. The smallest absolute Gasteiger partial charge is 0.0494 e. The summed E-state index contributed by atoms with van der Waals surface area (Å²) in [5, 5.41) is 9.10. The predicted octanol–water partition coefficient (Wildman–Crippen LogP) is 0.957. The summed E-state index contributed by atoms with van der Waals surface area (Å²) in [6.07, 6.45) is 1.47. The van der Waals surface area contributed by atoms with E-state index in [1.54, 1.807) is 0 Å². The van der Waals surface area contributed by atoms with Crippen LogP contribution in [0.2, 0.25) is 0 Å². The van der Waals surface area contributed by atoms with Gasteiger partial charge in [0.1, 0.15) is 0 Å². The molecule has 0 spiro atoms. The van der Waals surface area contributed by atoms with Gasteiger partial charge < -0.3 is 10.0 Å². The van der Waals surface area contributed by atoms with Gasteiger partial charge in [-0.2, -0.15) is 0 Å². The lowest BCUT2D eigenvalue weighted by molar-refractivity contribution is 0.109. The Morgan fingerprint density at radius 2 is 1.92 bits per heavy atom. The number of likely N-dealkylation sites (tertiary alicyclic amines) is 1. The molecule has 2 aliphatic rings. The molecule has 0 radical (unpaired) electrons. The number of fused-ring (bicyclic) bond motifs is 1. The third-order valence-electron chi connectivity index (χ3n) is 3.13. The molecule has 2 rings (SSSR count). The van der Waals surface area contributed by atoms with Crippen LogP contribution < -0.4 is 0 Å². The van der Waals surface area contributed by atoms with Crippen molar-refractivity contribution in [2.75, 3.05) is 26.2 Å². The van der Waals surface area contributed by atoms with E-state index in [4.69, 9.17) is 5.11 Å². The minimum atomic E-state index is 0.0940. The monoisotopic (exact) mass is 169 g/mol. The molecule has 2 heteroatoms. The lowest BCUT2D eigenvalue weighted by Gasteiger charge is -2.28. The Morgan fingerprint density at radius 1 is 1.33 bits per heavy atom. The van der Waals surface area contributed by atoms with Crippen molar-refractivity contribution in [2.24, 2.45) is 17.3 Å². The van der Waals surface area contributed by atoms with E-state index in [-0.39, 0.29) is 5.41 Å². The van der Waals surface area contributed by atoms with E-state index in [0.29, 0.717) is 6.61 Å². The van der Waals surface area contributed by atoms with Crippen molar-refractivity contribution >= 4 is 0 Å². The molecule has 2 atom stereocenters. The third-order valence-corrected chi connectivity index (χ3v) is 3.13. The number of aliphatic hydroxyl groups excluding tert-OH is 1. The van der Waals surface area contributed by atoms with Crippen LogP contribution in [0.1, 0.15) is 20.3 Å². The summed E-state index contributed by atoms with van der Waals surface area (Å²) in [5.41, 5.74) is 0.0940. The highest BCUT2D eigenvalue weighted by Crippen LogP contribution is 2.45. The van der Waals surface area contributed by atoms with Crippen molar-refractivity contribution in [3.05, 3.63) is 0 Å². The fourth-order valence-corrected chi connectivity index (χ4v) is 2.28. The molecule has 70 valence electrons. The average molecular weight is 169 g/mol. The fraction of sp³-hybridized carbons (Fsp3) is 1.00. The summed E-state index contributed by atoms with van der Waals surface area (Å²) < 4.78 is 0. The van der Waals surface area contributed by atoms with Crippen molar-refractivity contribution in [2.45, 2.75) is 20.3 Å². The van der Waals surface area contributed by atoms with Gasteiger partial charge in [-0.1, -0.05) is 13.8 Å². The van der Waals surface area contributed by atoms with Crippen molar-refractivity contribution in [3.8, 4) is 0 Å². The molecule has 1 saturated carbocycles. The van der Waals surface area contributed by atoms with Crippen LogP contribution >= 0.6 is 0 Å². The van der Waals surface area contributed by atoms with Gasteiger partial charge in [0, 0.05) is 31.7 Å². The molecule has 0 aromatic carbocycles. The fourth-order valence-electron chi connectivity index (χ4n) is 2.28. The maximum absolute atomic E-state index is 9.10. The Hall–Kier alpha value is -0.0800. The molecule has 2 fully saturated rings. The largest absolute Gasteiger partial charge is 0.396 e. The average Bonchev–Trinajstić information content (AvgIpc) is 2.59. The molecule has 1 aliphatic heterocycles. The highest BCUT2D eigenvalue weighted by atomic mass is 16.3. The van der Waals surface area contributed by atoms with Gasteiger partial charge in [-0.3, -0.25) is 0 Å². The zero-order valence-electron chi connectivity index (χ0n) is 8.08. The Bertz CT molecular complexity index is 169. The molecular formula is C10H19NO. The number of nitrogens with zero attached hydrogens (tertiary/aromatic N) is 1. The van der Waals surface area contributed by atoms with E-state index in [1.165, 1.54) is 19.5 Å². The third kappa shape index (κ3) is 1.64. The first-order chi connectivity index (χ1) is 5.61. The zero-order chi connectivity index (χ0) is 8.77. The van der Waals surface area contributed by atoms with E-state index in [1.807, 2.05) is 0 Å². The topological polar surface area (TPSA) is 23.5 Å². The summed E-state index contributed by atoms with van der Waals surface area (Å²) in [6.45, 7) is 8.21. The summed E-state index contributed by atoms with van der Waals surface area (Å²) >= 11 is 0. The van der Waals surface area contributed by atoms with E-state index >= 15 is 0 Å². The second kappa shape index (κ2) is 2.71. The van der Waals surface area contributed by atoms with Crippen LogP contribution in [0, 0.1) is 17.3 Å². The van der Waals surface area contributed by atoms with Crippen LogP contribution in [0.15, 0.2) is 0 Å². The first-order valence-corrected chi connectivity index (χ1v) is 4.94. The normalized spacial score (nSPS) is 35.2. The van der Waals surface area contributed by atoms with Crippen molar-refractivity contribution < 1.29 is 5.11 Å². The number of hydrogen-bond donors (Lipinski definition) is 1. The standard InChI is InChI=1S/C10H19NO/c1-10(2,7-12)6-11-4-8-3-9(8)5-11/h8-9,12H,3-7H2,1-2H3. The van der Waals surface area contributed by atoms with Gasteiger partial charge in [-0.05, 0) is 18.3 Å². The van der Waals surface area contributed by atoms with E-state index in [0.717, 1.165) is 18.4 Å². The van der Waals surface area contributed by atoms with Crippen LogP contribution in [0.25, 0.3) is 0 Å². The summed E-state index contributed by atoms with van der Waals surface area (Å²) in [5.74, 6) is 2.03. The summed E-state index contributed by atoms with van der Waals surface area (Å²) in [7, 11) is 0. The Morgan fingerprint density at radius 3 is 2.42 bits per heavy atom. The first-order valence-electron chi connectivity index (χ1n) is 4.94. The molecule has 1 saturated heterocycles. The second-order valence-corrected chi connectivity index (χ2v) is 5.27. The van der Waals surface area contributed by atoms with Crippen LogP contribution in [-0.4, -0.2) is 36.2 Å². The molecule has 0 aromatic heterocycles. The van der Waals surface area contributed by atoms with Crippen molar-refractivity contribution in [3.63, 3.8) is 0 Å². The molecule has 2 unspecified atom stereocenters. The van der Waals surface area contributed by atoms with Crippen molar-refractivity contribution in [1.29, 1.82) is 0 Å². The van der Waals surface area contributed by atoms with Gasteiger partial charge in [0.15, 0.2) is 0 Å². The zero-order valence-corrected chi connectivity index (χ0v) is 8.08. The molecule has 2 nitrogen and oxygen atoms in total. The number of rotatable bonds is 3. The van der Waals surface area contributed by atoms with Crippen LogP contribution in [-0.2, 0) is 0 Å². The molecule has 12 heavy (non-hydrogen) atoms. The molecule has 1 N–H and O–H groups in total. The SMILES string of the molecule is CC(C)(CO)CN1CC2CC2C1. The van der Waals surface area contributed by atoms with Gasteiger partial charge in [0.25, 0.3) is 0 Å². The van der Waals surface area contributed by atoms with Gasteiger partial charge in [-0.25, -0.2) is 0 Å². The van der Waals surface area contributed by atoms with Gasteiger partial charge in [0.2, 0.25) is 0 Å². The molecule has 0 amide bonds. The molecule has 0 aromatic rings. The Kier molecular flexibility index (Phi) is 1.92. The second-order valence-electron chi connectivity index (χ2n) is 5.27. The lowest BCUT2D eigenvalue weighted by atomic mass is 9.94. The first kappa shape index (κ1) is 8.52. The van der Waals surface area contributed by atoms with Crippen molar-refractivity contribution in [1.82, 2.24) is 4.90 Å². The number of aliphatic hydroxyl groups is 1. The maximum atomic E-state index is 9.10. The summed E-state index contributed by atoms with van der Waals surface area (Å²) in [4.78, 5) is 2.51. The van der Waals surface area contributed by atoms with Crippen LogP contribution in [0.4, 0.5) is 0 Å². The van der Waals surface area contributed by atoms with Crippen LogP contribution in [0.5, 0.6) is 0 Å². The van der Waals surface area contributed by atoms with Gasteiger partial charge >= 0.3 is 0 Å². The van der Waals surface area contributed by atoms with E-state index in [2.05, 4.69) is 18.7 Å². The van der Waals surface area contributed by atoms with Crippen LogP contribution in [0.3, 0.4) is 0 Å². The van der Waals surface area contributed by atoms with E-state index < -0.39 is 0 Å². The van der Waals surface area contributed by atoms with Gasteiger partial charge in [-0.15, -0.1) is 0 Å². The van der Waals surface area contributed by atoms with E-state index in [9.17, 15) is 0 Å². The minimum Gasteiger partial charge on any atom is -0.396 e.